The third-order valence-corrected chi connectivity index (χ3v) is 10.8. The van der Waals surface area contributed by atoms with Gasteiger partial charge in [0.15, 0.2) is 6.10 Å². The number of phosphoric acid groups is 1. The smallest absolute Gasteiger partial charge is 0.306 e. The van der Waals surface area contributed by atoms with E-state index in [4.69, 9.17) is 18.5 Å². The van der Waals surface area contributed by atoms with E-state index in [0.29, 0.717) is 30.3 Å². The van der Waals surface area contributed by atoms with Crippen LogP contribution in [-0.2, 0) is 32.7 Å². The summed E-state index contributed by atoms with van der Waals surface area (Å²) in [5.74, 6) is -0.901. The van der Waals surface area contributed by atoms with E-state index < -0.39 is 44.7 Å². The van der Waals surface area contributed by atoms with Crippen LogP contribution in [-0.4, -0.2) is 92.5 Å². The number of carbonyl (C=O) groups excluding carboxylic acids is 2. The molecule has 0 spiro atoms. The fraction of sp³-hybridized carbons (Fsp3) is 0.952. The number of aliphatic hydroxyl groups excluding tert-OH is 2. The van der Waals surface area contributed by atoms with Gasteiger partial charge in [0.05, 0.1) is 40.0 Å². The number of ether oxygens (including phenoxy) is 2. The van der Waals surface area contributed by atoms with Crippen molar-refractivity contribution >= 4 is 19.8 Å². The third kappa shape index (κ3) is 36.6. The van der Waals surface area contributed by atoms with Gasteiger partial charge in [0.25, 0.3) is 7.82 Å². The van der Waals surface area contributed by atoms with E-state index in [1.165, 1.54) is 64.2 Å². The summed E-state index contributed by atoms with van der Waals surface area (Å²) in [5.41, 5.74) is 0. The molecule has 0 aromatic carbocycles. The number of likely N-dealkylation sites (N-methyl/N-ethyl adjacent to an activating group) is 1. The first kappa shape index (κ1) is 52.9. The van der Waals surface area contributed by atoms with Crippen LogP contribution >= 0.6 is 7.82 Å². The van der Waals surface area contributed by atoms with Crippen LogP contribution in [0.1, 0.15) is 194 Å². The van der Waals surface area contributed by atoms with Crippen LogP contribution in [0.5, 0.6) is 0 Å². The Morgan fingerprint density at radius 3 is 1.41 bits per heavy atom. The van der Waals surface area contributed by atoms with Crippen molar-refractivity contribution in [2.24, 2.45) is 0 Å². The molecule has 11 nitrogen and oxygen atoms in total. The Bertz CT molecular complexity index is 931. The van der Waals surface area contributed by atoms with Gasteiger partial charge in [0.1, 0.15) is 19.8 Å². The molecule has 4 atom stereocenters. The Labute approximate surface area is 330 Å². The van der Waals surface area contributed by atoms with Gasteiger partial charge >= 0.3 is 11.9 Å². The molecule has 0 rings (SSSR count). The molecule has 0 aliphatic rings. The second-order valence-electron chi connectivity index (χ2n) is 16.4. The zero-order valence-corrected chi connectivity index (χ0v) is 36.3. The summed E-state index contributed by atoms with van der Waals surface area (Å²) in [4.78, 5) is 37.5. The summed E-state index contributed by atoms with van der Waals surface area (Å²) in [5, 5.41) is 20.3. The Morgan fingerprint density at radius 2 is 0.963 bits per heavy atom. The maximum atomic E-state index is 12.7. The molecular weight excluding hydrogens is 709 g/mol. The van der Waals surface area contributed by atoms with E-state index in [9.17, 15) is 29.3 Å². The third-order valence-electron chi connectivity index (χ3n) is 9.82. The number of carbonyl (C=O) groups is 2. The number of hydrogen-bond acceptors (Lipinski definition) is 10. The molecule has 0 radical (unpaired) electrons. The summed E-state index contributed by atoms with van der Waals surface area (Å²) in [7, 11) is 1.10. The van der Waals surface area contributed by atoms with Gasteiger partial charge in [0, 0.05) is 12.8 Å². The highest BCUT2D eigenvalue weighted by Gasteiger charge is 2.22. The van der Waals surface area contributed by atoms with Crippen molar-refractivity contribution in [3.8, 4) is 0 Å². The molecular formula is C42H84NO10P. The van der Waals surface area contributed by atoms with Gasteiger partial charge in [-0.15, -0.1) is 0 Å². The van der Waals surface area contributed by atoms with E-state index in [1.807, 2.05) is 21.1 Å². The van der Waals surface area contributed by atoms with Crippen molar-refractivity contribution in [1.82, 2.24) is 0 Å². The number of unbranched alkanes of at least 4 members (excludes halogenated alkanes) is 21. The normalized spacial score (nSPS) is 14.7. The van der Waals surface area contributed by atoms with Crippen LogP contribution in [0.25, 0.3) is 0 Å². The summed E-state index contributed by atoms with van der Waals surface area (Å²) < 4.78 is 33.8. The summed E-state index contributed by atoms with van der Waals surface area (Å²) in [6.07, 6.45) is 25.8. The highest BCUT2D eigenvalue weighted by Crippen LogP contribution is 2.38. The number of nitrogens with zero attached hydrogens (tertiary/aromatic N) is 1. The lowest BCUT2D eigenvalue weighted by molar-refractivity contribution is -0.870. The standard InChI is InChI=1S/C42H84NO10P/c1-6-8-10-12-13-14-15-16-17-18-21-24-28-32-41(46)50-36-38(37-52-54(48,49)51-35-34-43(3,4)5)53-42(47)33-29-25-22-19-20-23-27-31-40(45)39(44)30-26-11-9-7-2/h38-40,44-45H,6-37H2,1-5H3. The first-order valence-corrected chi connectivity index (χ1v) is 23.4. The summed E-state index contributed by atoms with van der Waals surface area (Å²) in [6, 6.07) is 0. The SMILES string of the molecule is CCCCCCCCCCCCCCCC(=O)OCC(COP(=O)([O-])OCC[N+](C)(C)C)OC(=O)CCCCCCCCCC(O)C(O)CCCCCC. The van der Waals surface area contributed by atoms with Gasteiger partial charge in [0.2, 0.25) is 0 Å². The van der Waals surface area contributed by atoms with Crippen LogP contribution in [0, 0.1) is 0 Å². The van der Waals surface area contributed by atoms with E-state index in [2.05, 4.69) is 13.8 Å². The van der Waals surface area contributed by atoms with Crippen LogP contribution in [0.3, 0.4) is 0 Å². The largest absolute Gasteiger partial charge is 0.756 e. The molecule has 0 saturated carbocycles. The number of aliphatic hydroxyl groups is 2. The Morgan fingerprint density at radius 1 is 0.574 bits per heavy atom. The predicted octanol–water partition coefficient (Wildman–Crippen LogP) is 9.33. The fourth-order valence-corrected chi connectivity index (χ4v) is 6.94. The lowest BCUT2D eigenvalue weighted by atomic mass is 10.00. The molecule has 0 fully saturated rings. The van der Waals surface area contributed by atoms with Gasteiger partial charge < -0.3 is 38.1 Å². The predicted molar refractivity (Wildman–Crippen MR) is 216 cm³/mol. The van der Waals surface area contributed by atoms with Crippen molar-refractivity contribution in [1.29, 1.82) is 0 Å². The molecule has 0 aromatic rings. The second-order valence-corrected chi connectivity index (χ2v) is 17.8. The average Bonchev–Trinajstić information content (AvgIpc) is 3.11. The molecule has 0 aliphatic heterocycles. The first-order valence-electron chi connectivity index (χ1n) is 21.9. The molecule has 322 valence electrons. The first-order chi connectivity index (χ1) is 25.8. The van der Waals surface area contributed by atoms with E-state index >= 15 is 0 Å². The quantitative estimate of drug-likeness (QED) is 0.0266. The average molecular weight is 794 g/mol. The number of quaternary nitrogens is 1. The fourth-order valence-electron chi connectivity index (χ4n) is 6.22. The highest BCUT2D eigenvalue weighted by atomic mass is 31.2. The van der Waals surface area contributed by atoms with Crippen molar-refractivity contribution in [3.05, 3.63) is 0 Å². The Kier molecular flexibility index (Phi) is 34.4. The maximum Gasteiger partial charge on any atom is 0.306 e. The zero-order valence-electron chi connectivity index (χ0n) is 35.4. The van der Waals surface area contributed by atoms with Crippen molar-refractivity contribution in [2.75, 3.05) is 47.5 Å². The van der Waals surface area contributed by atoms with Crippen LogP contribution < -0.4 is 4.89 Å². The lowest BCUT2D eigenvalue weighted by Gasteiger charge is -2.28. The second kappa shape index (κ2) is 35.1. The van der Waals surface area contributed by atoms with Gasteiger partial charge in [-0.3, -0.25) is 14.2 Å². The van der Waals surface area contributed by atoms with Gasteiger partial charge in [-0.2, -0.15) is 0 Å². The molecule has 4 unspecified atom stereocenters. The summed E-state index contributed by atoms with van der Waals surface area (Å²) >= 11 is 0. The molecule has 0 saturated heterocycles. The van der Waals surface area contributed by atoms with Gasteiger partial charge in [-0.05, 0) is 25.7 Å². The molecule has 54 heavy (non-hydrogen) atoms. The van der Waals surface area contributed by atoms with E-state index in [0.717, 1.165) is 83.5 Å². The van der Waals surface area contributed by atoms with Crippen molar-refractivity contribution in [3.63, 3.8) is 0 Å². The lowest BCUT2D eigenvalue weighted by Crippen LogP contribution is -2.37. The van der Waals surface area contributed by atoms with E-state index in [1.54, 1.807) is 0 Å². The van der Waals surface area contributed by atoms with Crippen molar-refractivity contribution in [2.45, 2.75) is 212 Å². The van der Waals surface area contributed by atoms with Gasteiger partial charge in [-0.25, -0.2) is 0 Å². The summed E-state index contributed by atoms with van der Waals surface area (Å²) in [6.45, 7) is 4.03. The van der Waals surface area contributed by atoms with Gasteiger partial charge in [-0.1, -0.05) is 155 Å². The van der Waals surface area contributed by atoms with Crippen molar-refractivity contribution < 1.29 is 52.3 Å². The van der Waals surface area contributed by atoms with Crippen LogP contribution in [0.15, 0.2) is 0 Å². The highest BCUT2D eigenvalue weighted by molar-refractivity contribution is 7.45. The monoisotopic (exact) mass is 794 g/mol. The zero-order chi connectivity index (χ0) is 40.3. The Hall–Kier alpha value is -1.07. The number of phosphoric ester groups is 1. The molecule has 0 heterocycles. The topological polar surface area (TPSA) is 152 Å². The minimum atomic E-state index is -4.65. The number of esters is 2. The molecule has 0 aromatic heterocycles. The van der Waals surface area contributed by atoms with E-state index in [-0.39, 0.29) is 26.1 Å². The molecule has 2 N–H and O–H groups in total. The number of rotatable bonds is 40. The molecule has 0 bridgehead atoms. The Balaban J connectivity index is 4.42. The number of hydrogen-bond donors (Lipinski definition) is 2. The van der Waals surface area contributed by atoms with Crippen LogP contribution in [0.2, 0.25) is 0 Å². The maximum absolute atomic E-state index is 12.7. The minimum Gasteiger partial charge on any atom is -0.756 e. The molecule has 12 heteroatoms. The minimum absolute atomic E-state index is 0.0485. The molecule has 0 aliphatic carbocycles. The van der Waals surface area contributed by atoms with Crippen LogP contribution in [0.4, 0.5) is 0 Å². The molecule has 0 amide bonds.